The standard InChI is InChI=1S/C29H27F3N2OS.C2H7N.C2H5N/c1-36-34-13-11-23(12-14-34)27(25-9-10-26(18-33)28(17-25)29(30,31)32)16-21-3-2-4-24(15-21)22-7-5-20(19-35)6-8-22;1-3-2;1-2-3/h2-10,15,17,19,23,27H,11-14,16H2,1H3;3H,1-2H3;2H,1,3H2. The second-order valence-corrected chi connectivity index (χ2v) is 10.7. The van der Waals surface area contributed by atoms with Crippen LogP contribution in [-0.2, 0) is 12.6 Å². The van der Waals surface area contributed by atoms with Crippen LogP contribution < -0.4 is 11.1 Å². The fraction of sp³-hybridized carbons (Fsp3) is 0.333. The van der Waals surface area contributed by atoms with Gasteiger partial charge in [0, 0.05) is 18.7 Å². The SMILES string of the molecule is C=CN.CNC.CSN1CCC(C(Cc2cccc(-c3ccc(C=O)cc3)c2)c2ccc(C#N)c(C(F)(F)F)c2)CC1. The Bertz CT molecular complexity index is 1310. The van der Waals surface area contributed by atoms with Gasteiger partial charge in [-0.25, -0.2) is 0 Å². The lowest BCUT2D eigenvalue weighted by molar-refractivity contribution is -0.137. The summed E-state index contributed by atoms with van der Waals surface area (Å²) >= 11 is 1.70. The zero-order valence-electron chi connectivity index (χ0n) is 24.3. The molecule has 1 heterocycles. The molecule has 1 saturated heterocycles. The normalized spacial score (nSPS) is 14.3. The van der Waals surface area contributed by atoms with Crippen LogP contribution in [-0.4, -0.2) is 44.0 Å². The number of nitrogens with zero attached hydrogens (tertiary/aromatic N) is 2. The molecular formula is C33H39F3N4OS. The Balaban J connectivity index is 0.000000946. The Morgan fingerprint density at radius 2 is 1.71 bits per heavy atom. The van der Waals surface area contributed by atoms with Crippen molar-refractivity contribution >= 4 is 18.2 Å². The number of carbonyl (C=O) groups excluding carboxylic acids is 1. The highest BCUT2D eigenvalue weighted by atomic mass is 32.2. The van der Waals surface area contributed by atoms with Crippen molar-refractivity contribution in [1.29, 1.82) is 5.26 Å². The minimum atomic E-state index is -4.58. The summed E-state index contributed by atoms with van der Waals surface area (Å²) in [6.07, 6.45) is 1.93. The number of hydrogen-bond acceptors (Lipinski definition) is 6. The third-order valence-corrected chi connectivity index (χ3v) is 7.87. The molecule has 0 amide bonds. The minimum absolute atomic E-state index is 0.101. The van der Waals surface area contributed by atoms with Crippen molar-refractivity contribution in [2.45, 2.75) is 31.4 Å². The van der Waals surface area contributed by atoms with Crippen LogP contribution >= 0.6 is 11.9 Å². The number of aldehydes is 1. The molecule has 1 atom stereocenters. The van der Waals surface area contributed by atoms with Crippen LogP contribution in [0, 0.1) is 17.2 Å². The average molecular weight is 597 g/mol. The van der Waals surface area contributed by atoms with Gasteiger partial charge in [-0.05, 0) is 92.0 Å². The van der Waals surface area contributed by atoms with E-state index in [0.29, 0.717) is 17.5 Å². The summed E-state index contributed by atoms with van der Waals surface area (Å²) in [6, 6.07) is 21.3. The highest BCUT2D eigenvalue weighted by molar-refractivity contribution is 7.96. The van der Waals surface area contributed by atoms with Crippen molar-refractivity contribution in [2.24, 2.45) is 11.7 Å². The van der Waals surface area contributed by atoms with Crippen LogP contribution in [0.1, 0.15) is 51.4 Å². The molecule has 1 aliphatic heterocycles. The number of nitrogens with two attached hydrogens (primary N) is 1. The third kappa shape index (κ3) is 10.1. The summed E-state index contributed by atoms with van der Waals surface area (Å²) in [7, 11) is 3.75. The lowest BCUT2D eigenvalue weighted by atomic mass is 9.76. The molecule has 1 unspecified atom stereocenters. The lowest BCUT2D eigenvalue weighted by Gasteiger charge is -2.35. The van der Waals surface area contributed by atoms with Gasteiger partial charge in [0.2, 0.25) is 0 Å². The van der Waals surface area contributed by atoms with Crippen molar-refractivity contribution in [3.05, 3.63) is 107 Å². The maximum atomic E-state index is 13.8. The zero-order valence-corrected chi connectivity index (χ0v) is 25.1. The van der Waals surface area contributed by atoms with Crippen LogP contribution in [0.25, 0.3) is 11.1 Å². The molecule has 3 aromatic rings. The molecule has 0 spiro atoms. The van der Waals surface area contributed by atoms with Crippen molar-refractivity contribution in [1.82, 2.24) is 9.62 Å². The Kier molecular flexibility index (Phi) is 14.3. The van der Waals surface area contributed by atoms with Gasteiger partial charge in [-0.3, -0.25) is 9.10 Å². The van der Waals surface area contributed by atoms with Crippen molar-refractivity contribution in [3.8, 4) is 17.2 Å². The van der Waals surface area contributed by atoms with Crippen molar-refractivity contribution in [2.75, 3.05) is 33.4 Å². The van der Waals surface area contributed by atoms with Crippen molar-refractivity contribution < 1.29 is 18.0 Å². The number of nitriles is 1. The molecule has 42 heavy (non-hydrogen) atoms. The molecule has 0 bridgehead atoms. The molecule has 3 N–H and O–H groups in total. The summed E-state index contributed by atoms with van der Waals surface area (Å²) in [5, 5.41) is 12.0. The summed E-state index contributed by atoms with van der Waals surface area (Å²) < 4.78 is 43.6. The molecule has 5 nitrogen and oxygen atoms in total. The lowest BCUT2D eigenvalue weighted by Crippen LogP contribution is -2.32. The number of halogens is 3. The van der Waals surface area contributed by atoms with E-state index in [2.05, 4.69) is 28.0 Å². The van der Waals surface area contributed by atoms with E-state index in [-0.39, 0.29) is 17.4 Å². The Hall–Kier alpha value is -3.58. The van der Waals surface area contributed by atoms with Gasteiger partial charge in [0.25, 0.3) is 0 Å². The number of benzene rings is 3. The zero-order chi connectivity index (χ0) is 31.1. The minimum Gasteiger partial charge on any atom is -0.405 e. The van der Waals surface area contributed by atoms with Crippen LogP contribution in [0.5, 0.6) is 0 Å². The summed E-state index contributed by atoms with van der Waals surface area (Å²) in [4.78, 5) is 11.0. The molecule has 0 radical (unpaired) electrons. The number of piperidine rings is 1. The Labute approximate surface area is 251 Å². The average Bonchev–Trinajstić information content (AvgIpc) is 3.00. The maximum Gasteiger partial charge on any atom is 0.417 e. The van der Waals surface area contributed by atoms with Gasteiger partial charge in [0.15, 0.2) is 0 Å². The van der Waals surface area contributed by atoms with Gasteiger partial charge in [0.1, 0.15) is 6.29 Å². The summed E-state index contributed by atoms with van der Waals surface area (Å²) in [5.41, 5.74) is 7.66. The first-order chi connectivity index (χ1) is 20.1. The van der Waals surface area contributed by atoms with E-state index in [9.17, 15) is 23.2 Å². The van der Waals surface area contributed by atoms with Crippen LogP contribution in [0.2, 0.25) is 0 Å². The molecule has 4 rings (SSSR count). The molecule has 0 aromatic heterocycles. The highest BCUT2D eigenvalue weighted by Crippen LogP contribution is 2.40. The molecule has 1 aliphatic rings. The molecular weight excluding hydrogens is 557 g/mol. The van der Waals surface area contributed by atoms with Gasteiger partial charge in [0.05, 0.1) is 17.2 Å². The van der Waals surface area contributed by atoms with Crippen LogP contribution in [0.3, 0.4) is 0 Å². The fourth-order valence-electron chi connectivity index (χ4n) is 5.03. The number of nitrogens with one attached hydrogen (secondary N) is 1. The second-order valence-electron chi connectivity index (χ2n) is 9.85. The molecule has 9 heteroatoms. The van der Waals surface area contributed by atoms with E-state index in [1.165, 1.54) is 18.3 Å². The highest BCUT2D eigenvalue weighted by Gasteiger charge is 2.35. The van der Waals surface area contributed by atoms with E-state index in [4.69, 9.17) is 0 Å². The predicted octanol–water partition coefficient (Wildman–Crippen LogP) is 7.30. The quantitative estimate of drug-likeness (QED) is 0.220. The van der Waals surface area contributed by atoms with E-state index in [1.54, 1.807) is 36.2 Å². The number of rotatable bonds is 7. The van der Waals surface area contributed by atoms with Gasteiger partial charge in [-0.15, -0.1) is 0 Å². The number of carbonyl (C=O) groups is 1. The smallest absolute Gasteiger partial charge is 0.405 e. The largest absolute Gasteiger partial charge is 0.417 e. The topological polar surface area (TPSA) is 82.2 Å². The van der Waals surface area contributed by atoms with Gasteiger partial charge < -0.3 is 11.1 Å². The van der Waals surface area contributed by atoms with E-state index < -0.39 is 11.7 Å². The maximum absolute atomic E-state index is 13.8. The first kappa shape index (κ1) is 34.6. The third-order valence-electron chi connectivity index (χ3n) is 6.99. The Morgan fingerprint density at radius 3 is 2.24 bits per heavy atom. The van der Waals surface area contributed by atoms with Gasteiger partial charge >= 0.3 is 6.18 Å². The van der Waals surface area contributed by atoms with E-state index in [1.807, 2.05) is 50.7 Å². The summed E-state index contributed by atoms with van der Waals surface area (Å²) in [5.74, 6) is 0.133. The molecule has 0 aliphatic carbocycles. The van der Waals surface area contributed by atoms with Crippen LogP contribution in [0.4, 0.5) is 13.2 Å². The summed E-state index contributed by atoms with van der Waals surface area (Å²) in [6.45, 7) is 4.93. The predicted molar refractivity (Wildman–Crippen MR) is 167 cm³/mol. The monoisotopic (exact) mass is 596 g/mol. The van der Waals surface area contributed by atoms with Gasteiger partial charge in [-0.2, -0.15) is 18.4 Å². The molecule has 1 fully saturated rings. The van der Waals surface area contributed by atoms with Crippen LogP contribution in [0.15, 0.2) is 79.5 Å². The molecule has 224 valence electrons. The first-order valence-electron chi connectivity index (χ1n) is 13.6. The first-order valence-corrected chi connectivity index (χ1v) is 14.8. The molecule has 3 aromatic carbocycles. The number of hydrogen-bond donors (Lipinski definition) is 2. The van der Waals surface area contributed by atoms with E-state index >= 15 is 0 Å². The second kappa shape index (κ2) is 17.4. The molecule has 0 saturated carbocycles. The van der Waals surface area contributed by atoms with Gasteiger partial charge in [-0.1, -0.05) is 73.1 Å². The number of alkyl halides is 3. The van der Waals surface area contributed by atoms with E-state index in [0.717, 1.165) is 48.9 Å². The van der Waals surface area contributed by atoms with Crippen molar-refractivity contribution in [3.63, 3.8) is 0 Å². The fourth-order valence-corrected chi connectivity index (χ4v) is 5.60. The Morgan fingerprint density at radius 1 is 1.10 bits per heavy atom.